The molecular weight excluding hydrogens is 507 g/mol. The van der Waals surface area contributed by atoms with E-state index in [1.807, 2.05) is 12.1 Å². The van der Waals surface area contributed by atoms with Crippen LogP contribution in [0.25, 0.3) is 21.9 Å². The molecule has 0 saturated carbocycles. The third-order valence-corrected chi connectivity index (χ3v) is 6.32. The number of nitrogen functional groups attached to an aromatic ring is 2. The molecule has 11 nitrogen and oxygen atoms in total. The summed E-state index contributed by atoms with van der Waals surface area (Å²) >= 11 is 0. The van der Waals surface area contributed by atoms with E-state index in [1.165, 1.54) is 31.3 Å². The second-order valence-electron chi connectivity index (χ2n) is 9.10. The Morgan fingerprint density at radius 1 is 1.08 bits per heavy atom. The van der Waals surface area contributed by atoms with Crippen molar-refractivity contribution in [2.75, 3.05) is 39.8 Å². The second kappa shape index (κ2) is 10.0. The van der Waals surface area contributed by atoms with Crippen LogP contribution in [0.4, 0.5) is 21.0 Å². The number of furan rings is 1. The Balaban J connectivity index is 1.63. The third-order valence-electron chi connectivity index (χ3n) is 6.32. The van der Waals surface area contributed by atoms with Gasteiger partial charge in [-0.25, -0.2) is 14.2 Å². The highest BCUT2D eigenvalue weighted by atomic mass is 19.1. The van der Waals surface area contributed by atoms with Gasteiger partial charge in [0.2, 0.25) is 17.6 Å². The molecule has 5 N–H and O–H groups in total. The number of aromatic amines is 1. The highest BCUT2D eigenvalue weighted by molar-refractivity contribution is 5.91. The fourth-order valence-corrected chi connectivity index (χ4v) is 4.43. The predicted molar refractivity (Wildman–Crippen MR) is 144 cm³/mol. The Hall–Kier alpha value is -5.00. The average Bonchev–Trinajstić information content (AvgIpc) is 3.46. The molecule has 0 aliphatic rings. The zero-order chi connectivity index (χ0) is 27.8. The molecule has 0 aliphatic carbocycles. The summed E-state index contributed by atoms with van der Waals surface area (Å²) in [5.41, 5.74) is 14.9. The van der Waals surface area contributed by atoms with Gasteiger partial charge in [-0.05, 0) is 35.9 Å². The van der Waals surface area contributed by atoms with Crippen LogP contribution < -0.4 is 25.7 Å². The number of aromatic nitrogens is 3. The lowest BCUT2D eigenvalue weighted by Gasteiger charge is -2.12. The number of nitrogens with one attached hydrogen (secondary N) is 1. The van der Waals surface area contributed by atoms with Crippen molar-refractivity contribution in [3.63, 3.8) is 0 Å². The molecule has 0 bridgehead atoms. The number of nitrogens with zero attached hydrogens (tertiary/aromatic N) is 3. The molecule has 0 saturated heterocycles. The van der Waals surface area contributed by atoms with E-state index in [4.69, 9.17) is 30.1 Å². The lowest BCUT2D eigenvalue weighted by molar-refractivity contribution is 0.170. The molecule has 0 spiro atoms. The summed E-state index contributed by atoms with van der Waals surface area (Å²) in [5, 5.41) is 1.31. The van der Waals surface area contributed by atoms with Gasteiger partial charge in [-0.3, -0.25) is 0 Å². The number of anilines is 2. The van der Waals surface area contributed by atoms with Crippen molar-refractivity contribution in [2.45, 2.75) is 12.8 Å². The van der Waals surface area contributed by atoms with Gasteiger partial charge in [0.05, 0.1) is 14.2 Å². The van der Waals surface area contributed by atoms with Gasteiger partial charge in [0.1, 0.15) is 17.4 Å². The predicted octanol–water partition coefficient (Wildman–Crippen LogP) is 4.27. The lowest BCUT2D eigenvalue weighted by Crippen LogP contribution is -2.25. The number of halogens is 1. The summed E-state index contributed by atoms with van der Waals surface area (Å²) in [7, 11) is 6.20. The van der Waals surface area contributed by atoms with Gasteiger partial charge in [0, 0.05) is 60.5 Å². The zero-order valence-corrected chi connectivity index (χ0v) is 21.8. The van der Waals surface area contributed by atoms with Crippen LogP contribution in [0.3, 0.4) is 0 Å². The van der Waals surface area contributed by atoms with E-state index in [0.717, 1.165) is 10.9 Å². The quantitative estimate of drug-likeness (QED) is 0.278. The van der Waals surface area contributed by atoms with Crippen LogP contribution in [0.15, 0.2) is 40.9 Å². The molecule has 3 aromatic heterocycles. The SMILES string of the molecule is COc1cc(Cc2cnc(N)nc2N)c2cc(Cc3c(OC(=O)N(C)C)[nH]c4ccc(F)cc34)oc2c1OC. The fraction of sp³-hybridized carbons (Fsp3) is 0.222. The first-order valence-electron chi connectivity index (χ1n) is 11.9. The van der Waals surface area contributed by atoms with Gasteiger partial charge < -0.3 is 40.0 Å². The summed E-state index contributed by atoms with van der Waals surface area (Å²) in [6.45, 7) is 0. The molecule has 0 atom stereocenters. The molecule has 2 aromatic carbocycles. The van der Waals surface area contributed by atoms with Crippen molar-refractivity contribution in [3.8, 4) is 17.4 Å². The molecule has 5 aromatic rings. The fourth-order valence-electron chi connectivity index (χ4n) is 4.43. The standard InChI is InChI=1S/C27H27FN6O5/c1-34(2)27(35)39-25-19(18-9-15(28)5-6-20(18)32-25)11-16-10-17-13(7-14-12-31-26(30)33-24(14)29)8-21(36-3)23(37-4)22(17)38-16/h5-6,8-10,12,32H,7,11H2,1-4H3,(H4,29,30,31,33). The summed E-state index contributed by atoms with van der Waals surface area (Å²) < 4.78 is 37.2. The van der Waals surface area contributed by atoms with Crippen LogP contribution in [0.2, 0.25) is 0 Å². The van der Waals surface area contributed by atoms with E-state index in [1.54, 1.807) is 26.4 Å². The van der Waals surface area contributed by atoms with Gasteiger partial charge >= 0.3 is 6.09 Å². The molecule has 0 aliphatic heterocycles. The van der Waals surface area contributed by atoms with Gasteiger partial charge in [-0.2, -0.15) is 4.98 Å². The van der Waals surface area contributed by atoms with E-state index < -0.39 is 11.9 Å². The molecule has 3 heterocycles. The maximum Gasteiger partial charge on any atom is 0.415 e. The zero-order valence-electron chi connectivity index (χ0n) is 21.8. The molecular formula is C27H27FN6O5. The van der Waals surface area contributed by atoms with Crippen LogP contribution in [-0.2, 0) is 12.8 Å². The van der Waals surface area contributed by atoms with Gasteiger partial charge in [-0.15, -0.1) is 0 Å². The molecule has 0 fully saturated rings. The summed E-state index contributed by atoms with van der Waals surface area (Å²) in [6.07, 6.45) is 1.55. The molecule has 202 valence electrons. The number of amides is 1. The number of carbonyl (C=O) groups is 1. The second-order valence-corrected chi connectivity index (χ2v) is 9.10. The first-order chi connectivity index (χ1) is 18.7. The molecule has 1 amide bonds. The molecule has 12 heteroatoms. The number of ether oxygens (including phenoxy) is 3. The lowest BCUT2D eigenvalue weighted by atomic mass is 10.0. The van der Waals surface area contributed by atoms with Crippen LogP contribution >= 0.6 is 0 Å². The van der Waals surface area contributed by atoms with Gasteiger partial charge in [-0.1, -0.05) is 0 Å². The van der Waals surface area contributed by atoms with Gasteiger partial charge in [0.25, 0.3) is 0 Å². The summed E-state index contributed by atoms with van der Waals surface area (Å²) in [6, 6.07) is 8.00. The van der Waals surface area contributed by atoms with Crippen LogP contribution in [0.5, 0.6) is 17.4 Å². The summed E-state index contributed by atoms with van der Waals surface area (Å²) in [5.74, 6) is 1.52. The smallest absolute Gasteiger partial charge is 0.415 e. The van der Waals surface area contributed by atoms with Gasteiger partial charge in [0.15, 0.2) is 11.3 Å². The number of hydrogen-bond acceptors (Lipinski definition) is 9. The molecule has 0 unspecified atom stereocenters. The van der Waals surface area contributed by atoms with Crippen molar-refractivity contribution < 1.29 is 27.8 Å². The highest BCUT2D eigenvalue weighted by Gasteiger charge is 2.23. The van der Waals surface area contributed by atoms with Crippen molar-refractivity contribution in [1.29, 1.82) is 0 Å². The largest absolute Gasteiger partial charge is 0.493 e. The van der Waals surface area contributed by atoms with E-state index in [9.17, 15) is 9.18 Å². The number of rotatable bonds is 7. The number of nitrogens with two attached hydrogens (primary N) is 2. The van der Waals surface area contributed by atoms with E-state index >= 15 is 0 Å². The highest BCUT2D eigenvalue weighted by Crippen LogP contribution is 2.42. The van der Waals surface area contributed by atoms with E-state index in [2.05, 4.69) is 15.0 Å². The number of benzene rings is 2. The molecule has 39 heavy (non-hydrogen) atoms. The number of hydrogen-bond donors (Lipinski definition) is 3. The number of carbonyl (C=O) groups excluding carboxylic acids is 1. The Bertz CT molecular complexity index is 1710. The number of methoxy groups -OCH3 is 2. The first-order valence-corrected chi connectivity index (χ1v) is 11.9. The average molecular weight is 535 g/mol. The van der Waals surface area contributed by atoms with Crippen LogP contribution in [-0.4, -0.2) is 54.3 Å². The number of fused-ring (bicyclic) bond motifs is 2. The van der Waals surface area contributed by atoms with Crippen LogP contribution in [0.1, 0.15) is 22.5 Å². The topological polar surface area (TPSA) is 155 Å². The third kappa shape index (κ3) is 4.83. The minimum absolute atomic E-state index is 0.0836. The normalized spacial score (nSPS) is 11.2. The Morgan fingerprint density at radius 3 is 2.56 bits per heavy atom. The van der Waals surface area contributed by atoms with Crippen molar-refractivity contribution in [3.05, 3.63) is 64.8 Å². The molecule has 5 rings (SSSR count). The minimum atomic E-state index is -0.579. The van der Waals surface area contributed by atoms with Crippen LogP contribution in [0, 0.1) is 5.82 Å². The van der Waals surface area contributed by atoms with Crippen molar-refractivity contribution >= 4 is 39.7 Å². The molecule has 0 radical (unpaired) electrons. The Kier molecular flexibility index (Phi) is 6.60. The summed E-state index contributed by atoms with van der Waals surface area (Å²) in [4.78, 5) is 24.8. The minimum Gasteiger partial charge on any atom is -0.493 e. The monoisotopic (exact) mass is 534 g/mol. The maximum atomic E-state index is 14.2. The number of H-pyrrole nitrogens is 1. The van der Waals surface area contributed by atoms with E-state index in [0.29, 0.717) is 51.3 Å². The Labute approximate surface area is 222 Å². The Morgan fingerprint density at radius 2 is 1.87 bits per heavy atom. The van der Waals surface area contributed by atoms with E-state index in [-0.39, 0.29) is 24.1 Å². The first kappa shape index (κ1) is 25.6. The maximum absolute atomic E-state index is 14.2. The van der Waals surface area contributed by atoms with Crippen molar-refractivity contribution in [2.24, 2.45) is 0 Å². The van der Waals surface area contributed by atoms with Crippen molar-refractivity contribution in [1.82, 2.24) is 19.9 Å².